The minimum absolute atomic E-state index is 0.0280. The normalized spacial score (nSPS) is 19.1. The molecule has 0 saturated carbocycles. The van der Waals surface area contributed by atoms with Crippen LogP contribution in [0.4, 0.5) is 15.8 Å². The molecule has 0 unspecified atom stereocenters. The molecule has 9 heteroatoms. The number of carbonyl (C=O) groups excluding carboxylic acids is 2. The van der Waals surface area contributed by atoms with Crippen molar-refractivity contribution in [1.82, 2.24) is 9.80 Å². The number of benzene rings is 2. The SMILES string of the molecule is CC(=O)Nc1cc(Cl)c(N2CCOCC2)cc1/C=C/C(=O)N1CCN(Cc2ccc(F)cc2)C[C@H]1C. The van der Waals surface area contributed by atoms with E-state index in [4.69, 9.17) is 16.3 Å². The van der Waals surface area contributed by atoms with Gasteiger partial charge in [0.25, 0.3) is 0 Å². The molecule has 192 valence electrons. The summed E-state index contributed by atoms with van der Waals surface area (Å²) >= 11 is 6.54. The molecule has 1 N–H and O–H groups in total. The molecule has 0 aliphatic carbocycles. The van der Waals surface area contributed by atoms with Gasteiger partial charge in [0.15, 0.2) is 0 Å². The zero-order chi connectivity index (χ0) is 25.7. The Hall–Kier alpha value is -2.94. The number of anilines is 2. The van der Waals surface area contributed by atoms with Crippen LogP contribution in [0.25, 0.3) is 6.08 Å². The Morgan fingerprint density at radius 1 is 1.14 bits per heavy atom. The fourth-order valence-corrected chi connectivity index (χ4v) is 4.95. The number of piperazine rings is 1. The molecule has 0 aromatic heterocycles. The molecule has 36 heavy (non-hydrogen) atoms. The molecule has 4 rings (SSSR count). The molecule has 2 aliphatic rings. The summed E-state index contributed by atoms with van der Waals surface area (Å²) in [5.41, 5.74) is 3.18. The van der Waals surface area contributed by atoms with Crippen molar-refractivity contribution in [2.75, 3.05) is 56.2 Å². The van der Waals surface area contributed by atoms with E-state index in [0.29, 0.717) is 36.0 Å². The lowest BCUT2D eigenvalue weighted by molar-refractivity contribution is -0.130. The molecule has 2 heterocycles. The predicted octanol–water partition coefficient (Wildman–Crippen LogP) is 4.02. The van der Waals surface area contributed by atoms with E-state index in [2.05, 4.69) is 15.1 Å². The molecule has 2 saturated heterocycles. The molecular weight excluding hydrogens is 483 g/mol. The highest BCUT2D eigenvalue weighted by Gasteiger charge is 2.26. The van der Waals surface area contributed by atoms with E-state index in [1.165, 1.54) is 19.1 Å². The summed E-state index contributed by atoms with van der Waals surface area (Å²) in [5.74, 6) is -0.536. The largest absolute Gasteiger partial charge is 0.378 e. The molecule has 7 nitrogen and oxygen atoms in total. The lowest BCUT2D eigenvalue weighted by Gasteiger charge is -2.39. The molecule has 2 fully saturated rings. The van der Waals surface area contributed by atoms with Crippen LogP contribution >= 0.6 is 11.6 Å². The standard InChI is InChI=1S/C27H32ClFN4O3/c1-19-17-31(18-21-3-6-23(29)7-4-21)9-10-33(19)27(35)8-5-22-15-26(32-11-13-36-14-12-32)24(28)16-25(22)30-20(2)34/h3-8,15-16,19H,9-14,17-18H2,1-2H3,(H,30,34)/b8-5+/t19-/m1/s1. The topological polar surface area (TPSA) is 65.1 Å². The van der Waals surface area contributed by atoms with Gasteiger partial charge in [0, 0.05) is 69.6 Å². The van der Waals surface area contributed by atoms with E-state index in [-0.39, 0.29) is 23.7 Å². The third-order valence-electron chi connectivity index (χ3n) is 6.50. The van der Waals surface area contributed by atoms with Crippen molar-refractivity contribution >= 4 is 40.9 Å². The van der Waals surface area contributed by atoms with Crippen LogP contribution in [-0.4, -0.2) is 73.6 Å². The average molecular weight is 515 g/mol. The maximum absolute atomic E-state index is 13.2. The summed E-state index contributed by atoms with van der Waals surface area (Å²) < 4.78 is 18.6. The van der Waals surface area contributed by atoms with Gasteiger partial charge in [0.1, 0.15) is 5.82 Å². The summed E-state index contributed by atoms with van der Waals surface area (Å²) in [5, 5.41) is 3.35. The molecule has 0 spiro atoms. The number of rotatable bonds is 6. The molecule has 2 aromatic rings. The van der Waals surface area contributed by atoms with Crippen LogP contribution in [-0.2, 0) is 20.9 Å². The number of hydrogen-bond donors (Lipinski definition) is 1. The minimum Gasteiger partial charge on any atom is -0.378 e. The second-order valence-electron chi connectivity index (χ2n) is 9.25. The molecule has 0 bridgehead atoms. The van der Waals surface area contributed by atoms with E-state index >= 15 is 0 Å². The Labute approximate surface area is 216 Å². The van der Waals surface area contributed by atoms with Gasteiger partial charge >= 0.3 is 0 Å². The first-order valence-corrected chi connectivity index (χ1v) is 12.6. The molecule has 2 amide bonds. The van der Waals surface area contributed by atoms with Crippen LogP contribution in [0.3, 0.4) is 0 Å². The van der Waals surface area contributed by atoms with Crippen LogP contribution in [0.15, 0.2) is 42.5 Å². The molecular formula is C27H32ClFN4O3. The van der Waals surface area contributed by atoms with Crippen LogP contribution in [0.1, 0.15) is 25.0 Å². The quantitative estimate of drug-likeness (QED) is 0.590. The lowest BCUT2D eigenvalue weighted by Crippen LogP contribution is -2.53. The van der Waals surface area contributed by atoms with Gasteiger partial charge in [-0.05, 0) is 42.8 Å². The zero-order valence-corrected chi connectivity index (χ0v) is 21.4. The molecule has 1 atom stereocenters. The third-order valence-corrected chi connectivity index (χ3v) is 6.80. The van der Waals surface area contributed by atoms with Gasteiger partial charge in [-0.3, -0.25) is 14.5 Å². The fourth-order valence-electron chi connectivity index (χ4n) is 4.67. The Morgan fingerprint density at radius 3 is 2.53 bits per heavy atom. The number of carbonyl (C=O) groups is 2. The highest BCUT2D eigenvalue weighted by Crippen LogP contribution is 2.33. The van der Waals surface area contributed by atoms with E-state index < -0.39 is 0 Å². The van der Waals surface area contributed by atoms with Gasteiger partial charge in [-0.1, -0.05) is 23.7 Å². The Balaban J connectivity index is 1.45. The van der Waals surface area contributed by atoms with E-state index in [1.807, 2.05) is 17.9 Å². The fraction of sp³-hybridized carbons (Fsp3) is 0.407. The van der Waals surface area contributed by atoms with Gasteiger partial charge in [0.05, 0.1) is 23.9 Å². The average Bonchev–Trinajstić information content (AvgIpc) is 2.85. The number of hydrogen-bond acceptors (Lipinski definition) is 5. The maximum Gasteiger partial charge on any atom is 0.246 e. The summed E-state index contributed by atoms with van der Waals surface area (Å²) in [6, 6.07) is 10.2. The first kappa shape index (κ1) is 26.1. The second kappa shape index (κ2) is 11.9. The highest BCUT2D eigenvalue weighted by molar-refractivity contribution is 6.33. The smallest absolute Gasteiger partial charge is 0.246 e. The van der Waals surface area contributed by atoms with Gasteiger partial charge in [-0.2, -0.15) is 0 Å². The van der Waals surface area contributed by atoms with Gasteiger partial charge < -0.3 is 19.9 Å². The van der Waals surface area contributed by atoms with Crippen LogP contribution < -0.4 is 10.2 Å². The van der Waals surface area contributed by atoms with Gasteiger partial charge in [-0.15, -0.1) is 0 Å². The Morgan fingerprint density at radius 2 is 1.86 bits per heavy atom. The maximum atomic E-state index is 13.2. The Bertz CT molecular complexity index is 1120. The van der Waals surface area contributed by atoms with Crippen LogP contribution in [0.2, 0.25) is 5.02 Å². The summed E-state index contributed by atoms with van der Waals surface area (Å²) in [4.78, 5) is 31.1. The molecule has 0 radical (unpaired) electrons. The van der Waals surface area contributed by atoms with Crippen molar-refractivity contribution in [3.63, 3.8) is 0 Å². The number of nitrogens with one attached hydrogen (secondary N) is 1. The first-order valence-electron chi connectivity index (χ1n) is 12.2. The monoisotopic (exact) mass is 514 g/mol. The van der Waals surface area contributed by atoms with Crippen molar-refractivity contribution in [3.8, 4) is 0 Å². The second-order valence-corrected chi connectivity index (χ2v) is 9.65. The van der Waals surface area contributed by atoms with E-state index in [1.54, 1.807) is 30.4 Å². The number of halogens is 2. The number of amides is 2. The Kier molecular flexibility index (Phi) is 8.61. The summed E-state index contributed by atoms with van der Waals surface area (Å²) in [6.45, 7) is 8.96. The highest BCUT2D eigenvalue weighted by atomic mass is 35.5. The third kappa shape index (κ3) is 6.63. The van der Waals surface area contributed by atoms with Gasteiger partial charge in [-0.25, -0.2) is 4.39 Å². The lowest BCUT2D eigenvalue weighted by atomic mass is 10.1. The number of nitrogens with zero attached hydrogens (tertiary/aromatic N) is 3. The summed E-state index contributed by atoms with van der Waals surface area (Å²) in [6.07, 6.45) is 3.30. The van der Waals surface area contributed by atoms with Gasteiger partial charge in [0.2, 0.25) is 11.8 Å². The van der Waals surface area contributed by atoms with Crippen molar-refractivity contribution in [3.05, 3.63) is 64.4 Å². The number of ether oxygens (including phenoxy) is 1. The first-order chi connectivity index (χ1) is 17.3. The van der Waals surface area contributed by atoms with Crippen LogP contribution in [0.5, 0.6) is 0 Å². The van der Waals surface area contributed by atoms with E-state index in [9.17, 15) is 14.0 Å². The van der Waals surface area contributed by atoms with Crippen molar-refractivity contribution in [2.24, 2.45) is 0 Å². The zero-order valence-electron chi connectivity index (χ0n) is 20.7. The van der Waals surface area contributed by atoms with Crippen molar-refractivity contribution in [2.45, 2.75) is 26.4 Å². The summed E-state index contributed by atoms with van der Waals surface area (Å²) in [7, 11) is 0. The van der Waals surface area contributed by atoms with Crippen molar-refractivity contribution < 1.29 is 18.7 Å². The number of morpholine rings is 1. The molecule has 2 aliphatic heterocycles. The van der Waals surface area contributed by atoms with Crippen LogP contribution in [0, 0.1) is 5.82 Å². The predicted molar refractivity (Wildman–Crippen MR) is 141 cm³/mol. The minimum atomic E-state index is -0.242. The molecule has 2 aromatic carbocycles. The van der Waals surface area contributed by atoms with E-state index in [0.717, 1.165) is 44.0 Å². The van der Waals surface area contributed by atoms with Crippen molar-refractivity contribution in [1.29, 1.82) is 0 Å².